The first kappa shape index (κ1) is 23.8. The van der Waals surface area contributed by atoms with Crippen molar-refractivity contribution in [1.29, 1.82) is 0 Å². The molecule has 0 aliphatic carbocycles. The molecule has 8 heteroatoms. The van der Waals surface area contributed by atoms with Crippen LogP contribution >= 0.6 is 0 Å². The van der Waals surface area contributed by atoms with E-state index in [4.69, 9.17) is 25.7 Å². The molecule has 0 radical (unpaired) electrons. The molecule has 1 heterocycles. The van der Waals surface area contributed by atoms with Crippen molar-refractivity contribution < 1.29 is 23.9 Å². The van der Waals surface area contributed by atoms with Gasteiger partial charge in [-0.2, -0.15) is 4.98 Å². The van der Waals surface area contributed by atoms with Crippen molar-refractivity contribution in [2.24, 2.45) is 0 Å². The number of hydrogen-bond donors (Lipinski definition) is 1. The van der Waals surface area contributed by atoms with Gasteiger partial charge in [0.05, 0.1) is 19.3 Å². The van der Waals surface area contributed by atoms with Gasteiger partial charge < -0.3 is 19.1 Å². The summed E-state index contributed by atoms with van der Waals surface area (Å²) in [5, 5.41) is 12.8. The molecule has 0 unspecified atom stereocenters. The van der Waals surface area contributed by atoms with E-state index >= 15 is 0 Å². The maximum atomic E-state index is 10.6. The summed E-state index contributed by atoms with van der Waals surface area (Å²) in [5.74, 6) is 1.23. The molecule has 33 heavy (non-hydrogen) atoms. The van der Waals surface area contributed by atoms with Crippen LogP contribution in [0.2, 0.25) is 0 Å². The second-order valence-electron chi connectivity index (χ2n) is 7.76. The van der Waals surface area contributed by atoms with Crippen LogP contribution in [-0.4, -0.2) is 33.9 Å². The molecular formula is C25H27N3O5. The van der Waals surface area contributed by atoms with E-state index in [-0.39, 0.29) is 12.5 Å². The molecule has 0 spiro atoms. The number of nitrogens with zero attached hydrogens (tertiary/aromatic N) is 3. The highest BCUT2D eigenvalue weighted by atomic mass is 16.5. The minimum Gasteiger partial charge on any atom is -0.502 e. The van der Waals surface area contributed by atoms with Crippen molar-refractivity contribution >= 4 is 11.7 Å². The Labute approximate surface area is 193 Å². The Morgan fingerprint density at radius 1 is 1.21 bits per heavy atom. The maximum absolute atomic E-state index is 10.6. The van der Waals surface area contributed by atoms with E-state index in [1.807, 2.05) is 39.0 Å². The number of hydrogen-bond acceptors (Lipinski definition) is 6. The van der Waals surface area contributed by atoms with Crippen LogP contribution in [0.5, 0.6) is 11.5 Å². The van der Waals surface area contributed by atoms with E-state index in [0.29, 0.717) is 48.2 Å². The smallest absolute Gasteiger partial charge is 0.303 e. The summed E-state index contributed by atoms with van der Waals surface area (Å²) in [6, 6.07) is 10.9. The quantitative estimate of drug-likeness (QED) is 0.286. The average molecular weight is 450 g/mol. The number of carbonyl (C=O) groups is 1. The van der Waals surface area contributed by atoms with Crippen LogP contribution < -0.4 is 9.47 Å². The monoisotopic (exact) mass is 449 g/mol. The highest BCUT2D eigenvalue weighted by molar-refractivity contribution is 5.70. The van der Waals surface area contributed by atoms with Crippen molar-refractivity contribution in [3.8, 4) is 34.3 Å². The Morgan fingerprint density at radius 3 is 2.73 bits per heavy atom. The average Bonchev–Trinajstić information content (AvgIpc) is 3.28. The predicted molar refractivity (Wildman–Crippen MR) is 124 cm³/mol. The molecular weight excluding hydrogens is 422 g/mol. The van der Waals surface area contributed by atoms with Crippen molar-refractivity contribution in [2.75, 3.05) is 6.61 Å². The minimum atomic E-state index is -0.794. The van der Waals surface area contributed by atoms with Gasteiger partial charge in [0.25, 0.3) is 5.89 Å². The number of carboxylic acids is 1. The number of rotatable bonds is 11. The van der Waals surface area contributed by atoms with E-state index in [2.05, 4.69) is 15.0 Å². The van der Waals surface area contributed by atoms with E-state index in [1.54, 1.807) is 18.2 Å². The highest BCUT2D eigenvalue weighted by Crippen LogP contribution is 2.34. The fraction of sp³-hybridized carbons (Fsp3) is 0.360. The Balaban J connectivity index is 1.75. The molecule has 3 aromatic rings. The van der Waals surface area contributed by atoms with Gasteiger partial charge >= 0.3 is 5.97 Å². The minimum absolute atomic E-state index is 0.0319. The van der Waals surface area contributed by atoms with Crippen LogP contribution in [0.4, 0.5) is 5.69 Å². The predicted octanol–water partition coefficient (Wildman–Crippen LogP) is 5.94. The summed E-state index contributed by atoms with van der Waals surface area (Å²) >= 11 is 0. The third-order valence-corrected chi connectivity index (χ3v) is 4.87. The fourth-order valence-electron chi connectivity index (χ4n) is 3.28. The van der Waals surface area contributed by atoms with Gasteiger partial charge in [-0.25, -0.2) is 4.85 Å². The number of aryl methyl sites for hydroxylation is 1. The Kier molecular flexibility index (Phi) is 8.03. The number of benzene rings is 2. The number of carboxylic acid groups (broad SMARTS) is 1. The van der Waals surface area contributed by atoms with Crippen LogP contribution in [0.25, 0.3) is 27.7 Å². The second kappa shape index (κ2) is 11.1. The van der Waals surface area contributed by atoms with Gasteiger partial charge in [-0.1, -0.05) is 12.1 Å². The van der Waals surface area contributed by atoms with Crippen LogP contribution in [0.15, 0.2) is 40.9 Å². The standard InChI is InChI=1S/C25H27N3O5/c1-5-17-14-19(31-13-7-6-8-23(29)30)10-11-20(17)24-27-25(33-28-24)18-9-12-22(32-16(2)3)21(15-18)26-4/h9-12,14-16H,5-8,13H2,1-3H3,(H,29,30). The van der Waals surface area contributed by atoms with Crippen molar-refractivity contribution in [3.63, 3.8) is 0 Å². The molecule has 1 aromatic heterocycles. The number of ether oxygens (including phenoxy) is 2. The Morgan fingerprint density at radius 2 is 2.03 bits per heavy atom. The highest BCUT2D eigenvalue weighted by Gasteiger charge is 2.16. The lowest BCUT2D eigenvalue weighted by Crippen LogP contribution is -2.05. The third kappa shape index (κ3) is 6.32. The molecule has 0 aliphatic rings. The van der Waals surface area contributed by atoms with E-state index in [9.17, 15) is 4.79 Å². The van der Waals surface area contributed by atoms with Crippen LogP contribution in [0.3, 0.4) is 0 Å². The Bertz CT molecular complexity index is 1150. The fourth-order valence-corrected chi connectivity index (χ4v) is 3.28. The van der Waals surface area contributed by atoms with E-state index < -0.39 is 5.97 Å². The van der Waals surface area contributed by atoms with Gasteiger partial charge in [-0.3, -0.25) is 4.79 Å². The summed E-state index contributed by atoms with van der Waals surface area (Å²) in [6.07, 6.45) is 2.12. The molecule has 172 valence electrons. The zero-order valence-corrected chi connectivity index (χ0v) is 19.0. The molecule has 2 aromatic carbocycles. The van der Waals surface area contributed by atoms with Crippen LogP contribution in [-0.2, 0) is 11.2 Å². The topological polar surface area (TPSA) is 99.0 Å². The van der Waals surface area contributed by atoms with Gasteiger partial charge in [0, 0.05) is 17.5 Å². The van der Waals surface area contributed by atoms with Crippen molar-refractivity contribution in [3.05, 3.63) is 53.4 Å². The zero-order chi connectivity index (χ0) is 23.8. The maximum Gasteiger partial charge on any atom is 0.303 e. The molecule has 0 aliphatic heterocycles. The zero-order valence-electron chi connectivity index (χ0n) is 19.0. The first-order valence-corrected chi connectivity index (χ1v) is 10.9. The van der Waals surface area contributed by atoms with Gasteiger partial charge in [-0.15, -0.1) is 0 Å². The second-order valence-corrected chi connectivity index (χ2v) is 7.76. The molecule has 8 nitrogen and oxygen atoms in total. The molecule has 0 saturated heterocycles. The van der Waals surface area contributed by atoms with E-state index in [1.165, 1.54) is 0 Å². The third-order valence-electron chi connectivity index (χ3n) is 4.87. The summed E-state index contributed by atoms with van der Waals surface area (Å²) < 4.78 is 16.9. The summed E-state index contributed by atoms with van der Waals surface area (Å²) in [5.41, 5.74) is 2.89. The van der Waals surface area contributed by atoms with Crippen molar-refractivity contribution in [2.45, 2.75) is 52.6 Å². The molecule has 0 bridgehead atoms. The SMILES string of the molecule is [C-]#[N+]c1cc(-c2nc(-c3ccc(OCCCCC(=O)O)cc3CC)no2)ccc1OC(C)C. The summed E-state index contributed by atoms with van der Waals surface area (Å²) in [6.45, 7) is 13.7. The van der Waals surface area contributed by atoms with Gasteiger partial charge in [0.1, 0.15) is 11.5 Å². The first-order valence-electron chi connectivity index (χ1n) is 10.9. The molecule has 0 atom stereocenters. The van der Waals surface area contributed by atoms with Crippen LogP contribution in [0.1, 0.15) is 45.6 Å². The summed E-state index contributed by atoms with van der Waals surface area (Å²) in [7, 11) is 0. The lowest BCUT2D eigenvalue weighted by atomic mass is 10.0. The Hall–Kier alpha value is -3.86. The first-order chi connectivity index (χ1) is 15.9. The molecule has 0 amide bonds. The molecule has 0 saturated carbocycles. The number of aliphatic carboxylic acids is 1. The van der Waals surface area contributed by atoms with E-state index in [0.717, 1.165) is 23.3 Å². The number of aromatic nitrogens is 2. The van der Waals surface area contributed by atoms with Crippen LogP contribution in [0, 0.1) is 6.57 Å². The molecule has 1 N–H and O–H groups in total. The lowest BCUT2D eigenvalue weighted by Gasteiger charge is -2.11. The summed E-state index contributed by atoms with van der Waals surface area (Å²) in [4.78, 5) is 18.7. The molecule has 0 fully saturated rings. The van der Waals surface area contributed by atoms with Gasteiger partial charge in [-0.05, 0) is 75.1 Å². The lowest BCUT2D eigenvalue weighted by molar-refractivity contribution is -0.137. The largest absolute Gasteiger partial charge is 0.502 e. The normalized spacial score (nSPS) is 10.8. The van der Waals surface area contributed by atoms with Crippen molar-refractivity contribution in [1.82, 2.24) is 10.1 Å². The number of unbranched alkanes of at least 4 members (excludes halogenated alkanes) is 1. The van der Waals surface area contributed by atoms with Gasteiger partial charge in [0.15, 0.2) is 0 Å². The molecule has 3 rings (SSSR count). The van der Waals surface area contributed by atoms with Gasteiger partial charge in [0.2, 0.25) is 11.5 Å².